The van der Waals surface area contributed by atoms with Gasteiger partial charge in [-0.2, -0.15) is 0 Å². The molecule has 2 aliphatic rings. The normalized spacial score (nSPS) is 25.2. The minimum Gasteiger partial charge on any atom is -0.314 e. The van der Waals surface area contributed by atoms with Crippen molar-refractivity contribution in [2.24, 2.45) is 0 Å². The first-order valence-electron chi connectivity index (χ1n) is 5.99. The van der Waals surface area contributed by atoms with Crippen molar-refractivity contribution in [3.8, 4) is 0 Å². The topological polar surface area (TPSA) is 24.1 Å². The molecule has 2 nitrogen and oxygen atoms in total. The second kappa shape index (κ2) is 3.95. The SMILES string of the molecule is c1cc2c(cc1C1CNCCN1)CCC2. The van der Waals surface area contributed by atoms with Gasteiger partial charge in [-0.05, 0) is 36.0 Å². The van der Waals surface area contributed by atoms with E-state index in [2.05, 4.69) is 28.8 Å². The standard InChI is InChI=1S/C13H18N2/c1-2-10-4-5-12(8-11(10)3-1)13-9-14-6-7-15-13/h4-5,8,13-15H,1-3,6-7,9H2. The van der Waals surface area contributed by atoms with Gasteiger partial charge in [0.2, 0.25) is 0 Å². The first kappa shape index (κ1) is 9.37. The molecule has 1 atom stereocenters. The number of rotatable bonds is 1. The summed E-state index contributed by atoms with van der Waals surface area (Å²) in [6.45, 7) is 3.25. The molecule has 0 saturated carbocycles. The van der Waals surface area contributed by atoms with Crippen LogP contribution in [-0.2, 0) is 12.8 Å². The molecule has 1 fully saturated rings. The second-order valence-electron chi connectivity index (χ2n) is 4.59. The number of nitrogens with one attached hydrogen (secondary N) is 2. The average Bonchev–Trinajstić information content (AvgIpc) is 2.77. The predicted molar refractivity (Wildman–Crippen MR) is 62.1 cm³/mol. The Hall–Kier alpha value is -0.860. The fourth-order valence-electron chi connectivity index (χ4n) is 2.70. The molecule has 0 aromatic heterocycles. The van der Waals surface area contributed by atoms with Gasteiger partial charge in [-0.1, -0.05) is 18.2 Å². The van der Waals surface area contributed by atoms with Gasteiger partial charge in [-0.25, -0.2) is 0 Å². The fourth-order valence-corrected chi connectivity index (χ4v) is 2.70. The summed E-state index contributed by atoms with van der Waals surface area (Å²) < 4.78 is 0. The Morgan fingerprint density at radius 3 is 2.87 bits per heavy atom. The Balaban J connectivity index is 1.85. The number of benzene rings is 1. The quantitative estimate of drug-likeness (QED) is 0.719. The smallest absolute Gasteiger partial charge is 0.0447 e. The van der Waals surface area contributed by atoms with Crippen LogP contribution < -0.4 is 10.6 Å². The maximum atomic E-state index is 3.56. The molecular weight excluding hydrogens is 184 g/mol. The summed E-state index contributed by atoms with van der Waals surface area (Å²) in [6.07, 6.45) is 3.91. The van der Waals surface area contributed by atoms with Crippen LogP contribution in [0.5, 0.6) is 0 Å². The molecular formula is C13H18N2. The minimum absolute atomic E-state index is 0.518. The van der Waals surface area contributed by atoms with Crippen LogP contribution in [0.15, 0.2) is 18.2 Å². The molecule has 1 aromatic rings. The molecule has 3 rings (SSSR count). The van der Waals surface area contributed by atoms with E-state index in [0.717, 1.165) is 19.6 Å². The Morgan fingerprint density at radius 2 is 2.00 bits per heavy atom. The molecule has 0 amide bonds. The number of hydrogen-bond donors (Lipinski definition) is 2. The molecule has 1 aliphatic heterocycles. The maximum absolute atomic E-state index is 3.56. The Labute approximate surface area is 91.1 Å². The van der Waals surface area contributed by atoms with Crippen LogP contribution in [0, 0.1) is 0 Å². The van der Waals surface area contributed by atoms with Crippen LogP contribution in [0.25, 0.3) is 0 Å². The highest BCUT2D eigenvalue weighted by Crippen LogP contribution is 2.25. The monoisotopic (exact) mass is 202 g/mol. The Morgan fingerprint density at radius 1 is 1.07 bits per heavy atom. The molecule has 1 heterocycles. The molecule has 0 spiro atoms. The maximum Gasteiger partial charge on any atom is 0.0447 e. The van der Waals surface area contributed by atoms with Crippen LogP contribution in [0.3, 0.4) is 0 Å². The molecule has 80 valence electrons. The van der Waals surface area contributed by atoms with E-state index in [1.165, 1.54) is 24.8 Å². The van der Waals surface area contributed by atoms with E-state index in [1.54, 1.807) is 11.1 Å². The second-order valence-corrected chi connectivity index (χ2v) is 4.59. The lowest BCUT2D eigenvalue weighted by Crippen LogP contribution is -2.42. The van der Waals surface area contributed by atoms with Crippen molar-refractivity contribution in [1.29, 1.82) is 0 Å². The van der Waals surface area contributed by atoms with Crippen molar-refractivity contribution in [2.75, 3.05) is 19.6 Å². The number of hydrogen-bond acceptors (Lipinski definition) is 2. The largest absolute Gasteiger partial charge is 0.314 e. The number of fused-ring (bicyclic) bond motifs is 1. The van der Waals surface area contributed by atoms with Gasteiger partial charge in [0.05, 0.1) is 0 Å². The summed E-state index contributed by atoms with van der Waals surface area (Å²) in [4.78, 5) is 0. The molecule has 1 aromatic carbocycles. The van der Waals surface area contributed by atoms with E-state index in [-0.39, 0.29) is 0 Å². The van der Waals surface area contributed by atoms with Gasteiger partial charge < -0.3 is 10.6 Å². The zero-order chi connectivity index (χ0) is 10.1. The zero-order valence-electron chi connectivity index (χ0n) is 9.05. The molecule has 2 N–H and O–H groups in total. The van der Waals surface area contributed by atoms with Crippen LogP contribution in [-0.4, -0.2) is 19.6 Å². The summed E-state index contributed by atoms with van der Waals surface area (Å²) in [6, 6.07) is 7.56. The van der Waals surface area contributed by atoms with Gasteiger partial charge in [0.25, 0.3) is 0 Å². The third kappa shape index (κ3) is 1.80. The van der Waals surface area contributed by atoms with Gasteiger partial charge in [0, 0.05) is 25.7 Å². The lowest BCUT2D eigenvalue weighted by atomic mass is 10.0. The van der Waals surface area contributed by atoms with Crippen molar-refractivity contribution >= 4 is 0 Å². The van der Waals surface area contributed by atoms with Gasteiger partial charge in [-0.3, -0.25) is 0 Å². The van der Waals surface area contributed by atoms with Gasteiger partial charge in [0.15, 0.2) is 0 Å². The van der Waals surface area contributed by atoms with E-state index < -0.39 is 0 Å². The fraction of sp³-hybridized carbons (Fsp3) is 0.538. The summed E-state index contributed by atoms with van der Waals surface area (Å²) in [5, 5.41) is 7.00. The van der Waals surface area contributed by atoms with Crippen molar-refractivity contribution in [3.05, 3.63) is 34.9 Å². The minimum atomic E-state index is 0.518. The summed E-state index contributed by atoms with van der Waals surface area (Å²) in [5.41, 5.74) is 4.62. The molecule has 15 heavy (non-hydrogen) atoms. The summed E-state index contributed by atoms with van der Waals surface area (Å²) in [5.74, 6) is 0. The van der Waals surface area contributed by atoms with Crippen LogP contribution >= 0.6 is 0 Å². The van der Waals surface area contributed by atoms with E-state index in [4.69, 9.17) is 0 Å². The summed E-state index contributed by atoms with van der Waals surface area (Å²) in [7, 11) is 0. The van der Waals surface area contributed by atoms with Crippen LogP contribution in [0.2, 0.25) is 0 Å². The number of aryl methyl sites for hydroxylation is 2. The first-order chi connectivity index (χ1) is 7.43. The Kier molecular flexibility index (Phi) is 2.47. The van der Waals surface area contributed by atoms with Crippen molar-refractivity contribution in [2.45, 2.75) is 25.3 Å². The lowest BCUT2D eigenvalue weighted by molar-refractivity contribution is 0.430. The molecule has 1 unspecified atom stereocenters. The third-order valence-corrected chi connectivity index (χ3v) is 3.57. The van der Waals surface area contributed by atoms with E-state index >= 15 is 0 Å². The predicted octanol–water partition coefficient (Wildman–Crippen LogP) is 1.41. The van der Waals surface area contributed by atoms with E-state index in [9.17, 15) is 0 Å². The molecule has 2 heteroatoms. The van der Waals surface area contributed by atoms with Crippen LogP contribution in [0.1, 0.15) is 29.2 Å². The van der Waals surface area contributed by atoms with E-state index in [1.807, 2.05) is 0 Å². The van der Waals surface area contributed by atoms with Crippen molar-refractivity contribution in [1.82, 2.24) is 10.6 Å². The molecule has 0 bridgehead atoms. The molecule has 1 aliphatic carbocycles. The van der Waals surface area contributed by atoms with Crippen molar-refractivity contribution < 1.29 is 0 Å². The highest BCUT2D eigenvalue weighted by Gasteiger charge is 2.17. The van der Waals surface area contributed by atoms with Crippen molar-refractivity contribution in [3.63, 3.8) is 0 Å². The van der Waals surface area contributed by atoms with Gasteiger partial charge in [-0.15, -0.1) is 0 Å². The highest BCUT2D eigenvalue weighted by atomic mass is 15.1. The van der Waals surface area contributed by atoms with Gasteiger partial charge in [0.1, 0.15) is 0 Å². The highest BCUT2D eigenvalue weighted by molar-refractivity contribution is 5.36. The zero-order valence-corrected chi connectivity index (χ0v) is 9.05. The average molecular weight is 202 g/mol. The van der Waals surface area contributed by atoms with E-state index in [0.29, 0.717) is 6.04 Å². The Bertz CT molecular complexity index is 354. The van der Waals surface area contributed by atoms with Gasteiger partial charge >= 0.3 is 0 Å². The number of piperazine rings is 1. The lowest BCUT2D eigenvalue weighted by Gasteiger charge is -2.25. The molecule has 0 radical (unpaired) electrons. The summed E-state index contributed by atoms with van der Waals surface area (Å²) >= 11 is 0. The molecule has 1 saturated heterocycles. The van der Waals surface area contributed by atoms with Crippen LogP contribution in [0.4, 0.5) is 0 Å². The first-order valence-corrected chi connectivity index (χ1v) is 5.99. The third-order valence-electron chi connectivity index (χ3n) is 3.57.